The minimum absolute atomic E-state index is 0.265. The molecule has 3 rings (SSSR count). The maximum absolute atomic E-state index is 12.6. The number of nitrogens with zero attached hydrogens (tertiary/aromatic N) is 2. The normalized spacial score (nSPS) is 15.8. The summed E-state index contributed by atoms with van der Waals surface area (Å²) in [5, 5.41) is 9.67. The Morgan fingerprint density at radius 1 is 1.17 bits per heavy atom. The largest absolute Gasteiger partial charge is 0.393 e. The first-order valence-electron chi connectivity index (χ1n) is 7.85. The molecule has 2 heterocycles. The van der Waals surface area contributed by atoms with Gasteiger partial charge in [0.2, 0.25) is 0 Å². The second-order valence-corrected chi connectivity index (χ2v) is 6.00. The van der Waals surface area contributed by atoms with Gasteiger partial charge in [0.25, 0.3) is 5.56 Å². The number of anilines is 1. The lowest BCUT2D eigenvalue weighted by atomic mass is 10.0. The Morgan fingerprint density at radius 2 is 1.83 bits per heavy atom. The number of hydrogen-bond acceptors (Lipinski definition) is 4. The second kappa shape index (κ2) is 6.42. The standard InChI is InChI=1S/C17H21N3O3/c1-19-16(22)14(11-12-5-3-2-4-6-12)15(18-17(19)23)20-9-7-13(21)8-10-20/h2-6,13,21H,7-11H2,1H3,(H,18,23). The number of nitrogens with one attached hydrogen (secondary N) is 1. The lowest BCUT2D eigenvalue weighted by Crippen LogP contribution is -2.42. The minimum atomic E-state index is -0.409. The summed E-state index contributed by atoms with van der Waals surface area (Å²) in [6.45, 7) is 1.26. The van der Waals surface area contributed by atoms with Crippen LogP contribution >= 0.6 is 0 Å². The average molecular weight is 315 g/mol. The third-order valence-electron chi connectivity index (χ3n) is 4.38. The third-order valence-corrected chi connectivity index (χ3v) is 4.38. The molecule has 6 heteroatoms. The van der Waals surface area contributed by atoms with Crippen molar-refractivity contribution in [1.82, 2.24) is 9.55 Å². The van der Waals surface area contributed by atoms with Crippen molar-refractivity contribution in [2.45, 2.75) is 25.4 Å². The van der Waals surface area contributed by atoms with Gasteiger partial charge in [0, 0.05) is 26.6 Å². The summed E-state index contributed by atoms with van der Waals surface area (Å²) in [7, 11) is 1.49. The van der Waals surface area contributed by atoms with E-state index in [-0.39, 0.29) is 11.7 Å². The number of aliphatic hydroxyl groups excluding tert-OH is 1. The highest BCUT2D eigenvalue weighted by molar-refractivity contribution is 5.48. The summed E-state index contributed by atoms with van der Waals surface area (Å²) in [6, 6.07) is 9.73. The number of aromatic nitrogens is 2. The zero-order chi connectivity index (χ0) is 16.4. The van der Waals surface area contributed by atoms with Crippen molar-refractivity contribution >= 4 is 5.82 Å². The molecule has 1 fully saturated rings. The number of hydrogen-bond donors (Lipinski definition) is 2. The Labute approximate surface area is 134 Å². The van der Waals surface area contributed by atoms with Crippen molar-refractivity contribution in [3.63, 3.8) is 0 Å². The molecule has 1 aliphatic rings. The van der Waals surface area contributed by atoms with Crippen LogP contribution in [0, 0.1) is 0 Å². The predicted molar refractivity (Wildman–Crippen MR) is 89.0 cm³/mol. The van der Waals surface area contributed by atoms with Crippen molar-refractivity contribution < 1.29 is 5.11 Å². The molecule has 1 aromatic carbocycles. The number of H-pyrrole nitrogens is 1. The zero-order valence-corrected chi connectivity index (χ0v) is 13.2. The predicted octanol–water partition coefficient (Wildman–Crippen LogP) is 0.625. The number of aromatic amines is 1. The molecule has 6 nitrogen and oxygen atoms in total. The van der Waals surface area contributed by atoms with Gasteiger partial charge < -0.3 is 10.0 Å². The maximum Gasteiger partial charge on any atom is 0.329 e. The highest BCUT2D eigenvalue weighted by atomic mass is 16.3. The Morgan fingerprint density at radius 3 is 2.48 bits per heavy atom. The van der Waals surface area contributed by atoms with Crippen molar-refractivity contribution in [2.75, 3.05) is 18.0 Å². The number of rotatable bonds is 3. The molecule has 0 radical (unpaired) electrons. The minimum Gasteiger partial charge on any atom is -0.393 e. The molecule has 0 aliphatic carbocycles. The molecule has 2 N–H and O–H groups in total. The van der Waals surface area contributed by atoms with E-state index in [1.807, 2.05) is 35.2 Å². The lowest BCUT2D eigenvalue weighted by molar-refractivity contribution is 0.145. The summed E-state index contributed by atoms with van der Waals surface area (Å²) in [6.07, 6.45) is 1.45. The molecule has 1 aromatic heterocycles. The van der Waals surface area contributed by atoms with Crippen LogP contribution in [-0.4, -0.2) is 33.9 Å². The summed E-state index contributed by atoms with van der Waals surface area (Å²) >= 11 is 0. The van der Waals surface area contributed by atoms with Crippen LogP contribution in [0.5, 0.6) is 0 Å². The molecule has 0 amide bonds. The van der Waals surface area contributed by atoms with E-state index in [2.05, 4.69) is 4.98 Å². The monoisotopic (exact) mass is 315 g/mol. The van der Waals surface area contributed by atoms with Crippen molar-refractivity contribution in [3.05, 3.63) is 62.3 Å². The second-order valence-electron chi connectivity index (χ2n) is 6.00. The fourth-order valence-electron chi connectivity index (χ4n) is 2.98. The molecular formula is C17H21N3O3. The topological polar surface area (TPSA) is 78.3 Å². The van der Waals surface area contributed by atoms with Crippen LogP contribution < -0.4 is 16.1 Å². The van der Waals surface area contributed by atoms with Gasteiger partial charge in [-0.25, -0.2) is 4.79 Å². The number of aliphatic hydroxyl groups is 1. The highest BCUT2D eigenvalue weighted by Crippen LogP contribution is 2.21. The first-order valence-corrected chi connectivity index (χ1v) is 7.85. The van der Waals surface area contributed by atoms with Crippen LogP contribution in [0.4, 0.5) is 5.82 Å². The lowest BCUT2D eigenvalue weighted by Gasteiger charge is -2.32. The van der Waals surface area contributed by atoms with E-state index >= 15 is 0 Å². The van der Waals surface area contributed by atoms with E-state index in [0.717, 1.165) is 10.1 Å². The van der Waals surface area contributed by atoms with E-state index in [1.165, 1.54) is 7.05 Å². The van der Waals surface area contributed by atoms with Gasteiger partial charge in [-0.1, -0.05) is 30.3 Å². The summed E-state index contributed by atoms with van der Waals surface area (Å²) in [5.74, 6) is 0.592. The Bertz CT molecular complexity index is 787. The smallest absolute Gasteiger partial charge is 0.329 e. The summed E-state index contributed by atoms with van der Waals surface area (Å²) in [5.41, 5.74) is 0.941. The first kappa shape index (κ1) is 15.6. The molecule has 1 aliphatic heterocycles. The van der Waals surface area contributed by atoms with Gasteiger partial charge in [-0.2, -0.15) is 0 Å². The van der Waals surface area contributed by atoms with Gasteiger partial charge in [-0.05, 0) is 18.4 Å². The molecular weight excluding hydrogens is 294 g/mol. The highest BCUT2D eigenvalue weighted by Gasteiger charge is 2.22. The van der Waals surface area contributed by atoms with Gasteiger partial charge in [-0.15, -0.1) is 0 Å². The van der Waals surface area contributed by atoms with Crippen LogP contribution in [0.25, 0.3) is 0 Å². The van der Waals surface area contributed by atoms with Gasteiger partial charge >= 0.3 is 5.69 Å². The number of benzene rings is 1. The molecule has 122 valence electrons. The SMILES string of the molecule is Cn1c(=O)[nH]c(N2CCC(O)CC2)c(Cc2ccccc2)c1=O. The summed E-state index contributed by atoms with van der Waals surface area (Å²) in [4.78, 5) is 29.4. The third kappa shape index (κ3) is 3.22. The van der Waals surface area contributed by atoms with Crippen molar-refractivity contribution in [2.24, 2.45) is 7.05 Å². The molecule has 23 heavy (non-hydrogen) atoms. The molecule has 0 atom stereocenters. The van der Waals surface area contributed by atoms with Gasteiger partial charge in [-0.3, -0.25) is 14.3 Å². The van der Waals surface area contributed by atoms with E-state index in [0.29, 0.717) is 43.7 Å². The van der Waals surface area contributed by atoms with Gasteiger partial charge in [0.15, 0.2) is 0 Å². The van der Waals surface area contributed by atoms with Gasteiger partial charge in [0.1, 0.15) is 5.82 Å². The van der Waals surface area contributed by atoms with Crippen LogP contribution in [0.3, 0.4) is 0 Å². The Kier molecular flexibility index (Phi) is 4.34. The number of piperidine rings is 1. The van der Waals surface area contributed by atoms with E-state index in [1.54, 1.807) is 0 Å². The van der Waals surface area contributed by atoms with Crippen LogP contribution in [0.2, 0.25) is 0 Å². The Hall–Kier alpha value is -2.34. The maximum atomic E-state index is 12.6. The molecule has 2 aromatic rings. The molecule has 1 saturated heterocycles. The van der Waals surface area contributed by atoms with E-state index < -0.39 is 5.69 Å². The van der Waals surface area contributed by atoms with E-state index in [4.69, 9.17) is 0 Å². The van der Waals surface area contributed by atoms with Crippen molar-refractivity contribution in [3.8, 4) is 0 Å². The average Bonchev–Trinajstić information content (AvgIpc) is 2.57. The Balaban J connectivity index is 2.04. The van der Waals surface area contributed by atoms with Crippen LogP contribution in [-0.2, 0) is 13.5 Å². The molecule has 0 saturated carbocycles. The first-order chi connectivity index (χ1) is 11.1. The molecule has 0 bridgehead atoms. The van der Waals surface area contributed by atoms with Crippen LogP contribution in [0.1, 0.15) is 24.0 Å². The fraction of sp³-hybridized carbons (Fsp3) is 0.412. The van der Waals surface area contributed by atoms with Crippen molar-refractivity contribution in [1.29, 1.82) is 0 Å². The zero-order valence-electron chi connectivity index (χ0n) is 13.2. The molecule has 0 unspecified atom stereocenters. The quantitative estimate of drug-likeness (QED) is 0.871. The van der Waals surface area contributed by atoms with Crippen LogP contribution in [0.15, 0.2) is 39.9 Å². The fourth-order valence-corrected chi connectivity index (χ4v) is 2.98. The van der Waals surface area contributed by atoms with E-state index in [9.17, 15) is 14.7 Å². The summed E-state index contributed by atoms with van der Waals surface area (Å²) < 4.78 is 1.11. The molecule has 0 spiro atoms. The van der Waals surface area contributed by atoms with Gasteiger partial charge in [0.05, 0.1) is 11.7 Å².